The van der Waals surface area contributed by atoms with Gasteiger partial charge in [-0.25, -0.2) is 8.42 Å². The van der Waals surface area contributed by atoms with Gasteiger partial charge in [-0.1, -0.05) is 6.42 Å². The van der Waals surface area contributed by atoms with Crippen LogP contribution in [-0.2, 0) is 14.8 Å². The summed E-state index contributed by atoms with van der Waals surface area (Å²) in [6, 6.07) is 0.127. The lowest BCUT2D eigenvalue weighted by molar-refractivity contribution is -0.140. The molecule has 2 unspecified atom stereocenters. The van der Waals surface area contributed by atoms with Gasteiger partial charge >= 0.3 is 0 Å². The van der Waals surface area contributed by atoms with E-state index in [-0.39, 0.29) is 23.9 Å². The fraction of sp³-hybridized carbons (Fsp3) is 0.938. The molecule has 23 heavy (non-hydrogen) atoms. The number of nitrogens with two attached hydrogens (primary N) is 1. The summed E-state index contributed by atoms with van der Waals surface area (Å²) in [5, 5.41) is 0. The molecule has 2 N–H and O–H groups in total. The first kappa shape index (κ1) is 17.2. The van der Waals surface area contributed by atoms with Crippen molar-refractivity contribution in [3.05, 3.63) is 0 Å². The van der Waals surface area contributed by atoms with Gasteiger partial charge in [0.1, 0.15) is 0 Å². The summed E-state index contributed by atoms with van der Waals surface area (Å²) in [5.41, 5.74) is 6.31. The van der Waals surface area contributed by atoms with E-state index >= 15 is 0 Å². The molecule has 0 radical (unpaired) electrons. The van der Waals surface area contributed by atoms with Gasteiger partial charge in [0, 0.05) is 37.6 Å². The Bertz CT molecular complexity index is 551. The molecular weight excluding hydrogens is 314 g/mol. The number of hydrogen-bond acceptors (Lipinski definition) is 4. The monoisotopic (exact) mass is 343 g/mol. The van der Waals surface area contributed by atoms with Crippen molar-refractivity contribution in [2.45, 2.75) is 51.1 Å². The van der Waals surface area contributed by atoms with Gasteiger partial charge < -0.3 is 10.6 Å². The van der Waals surface area contributed by atoms with Crippen LogP contribution in [0.25, 0.3) is 0 Å². The Labute approximate surface area is 139 Å². The Kier molecular flexibility index (Phi) is 4.73. The maximum absolute atomic E-state index is 12.9. The van der Waals surface area contributed by atoms with Crippen LogP contribution in [0.2, 0.25) is 0 Å². The third kappa shape index (κ3) is 3.42. The van der Waals surface area contributed by atoms with Gasteiger partial charge in [0.15, 0.2) is 0 Å². The van der Waals surface area contributed by atoms with E-state index in [0.717, 1.165) is 25.7 Å². The SMILES string of the molecule is C[C@H]1CN(C(=O)C2CC3CCCC(C2)C3N)CCN1S(C)(=O)=O. The first-order valence-electron chi connectivity index (χ1n) is 8.78. The Balaban J connectivity index is 1.63. The topological polar surface area (TPSA) is 83.7 Å². The van der Waals surface area contributed by atoms with E-state index < -0.39 is 10.0 Å². The molecule has 0 aromatic rings. The zero-order valence-electron chi connectivity index (χ0n) is 14.1. The molecule has 3 rings (SSSR count). The number of fused-ring (bicyclic) bond motifs is 2. The number of amides is 1. The Morgan fingerprint density at radius 1 is 1.13 bits per heavy atom. The van der Waals surface area contributed by atoms with E-state index in [9.17, 15) is 13.2 Å². The fourth-order valence-electron chi connectivity index (χ4n) is 4.88. The number of hydrogen-bond donors (Lipinski definition) is 1. The molecule has 2 aliphatic carbocycles. The van der Waals surface area contributed by atoms with E-state index in [2.05, 4.69) is 0 Å². The van der Waals surface area contributed by atoms with Gasteiger partial charge in [-0.2, -0.15) is 4.31 Å². The molecule has 3 fully saturated rings. The summed E-state index contributed by atoms with van der Waals surface area (Å²) in [4.78, 5) is 14.8. The van der Waals surface area contributed by atoms with Gasteiger partial charge in [0.25, 0.3) is 0 Å². The molecule has 1 aliphatic heterocycles. The van der Waals surface area contributed by atoms with Crippen molar-refractivity contribution in [2.24, 2.45) is 23.5 Å². The predicted octanol–water partition coefficient (Wildman–Crippen LogP) is 0.632. The zero-order valence-corrected chi connectivity index (χ0v) is 15.0. The molecule has 3 aliphatic rings. The number of piperazine rings is 1. The van der Waals surface area contributed by atoms with Crippen LogP contribution in [-0.4, -0.2) is 61.5 Å². The van der Waals surface area contributed by atoms with Gasteiger partial charge in [-0.05, 0) is 44.4 Å². The molecule has 0 aromatic heterocycles. The summed E-state index contributed by atoms with van der Waals surface area (Å²) in [6.45, 7) is 3.30. The van der Waals surface area contributed by atoms with Crippen molar-refractivity contribution < 1.29 is 13.2 Å². The minimum atomic E-state index is -3.19. The lowest BCUT2D eigenvalue weighted by Crippen LogP contribution is -2.57. The highest BCUT2D eigenvalue weighted by atomic mass is 32.2. The minimum Gasteiger partial charge on any atom is -0.340 e. The van der Waals surface area contributed by atoms with Crippen LogP contribution < -0.4 is 5.73 Å². The lowest BCUT2D eigenvalue weighted by atomic mass is 9.65. The molecular formula is C16H29N3O3S. The van der Waals surface area contributed by atoms with Gasteiger partial charge in [0.05, 0.1) is 6.26 Å². The van der Waals surface area contributed by atoms with Crippen molar-refractivity contribution in [3.63, 3.8) is 0 Å². The molecule has 6 nitrogen and oxygen atoms in total. The van der Waals surface area contributed by atoms with Crippen molar-refractivity contribution in [2.75, 3.05) is 25.9 Å². The molecule has 1 heterocycles. The second-order valence-electron chi connectivity index (χ2n) is 7.70. The van der Waals surface area contributed by atoms with Crippen molar-refractivity contribution in [1.29, 1.82) is 0 Å². The van der Waals surface area contributed by atoms with Crippen LogP contribution in [0.15, 0.2) is 0 Å². The number of carbonyl (C=O) groups excluding carboxylic acids is 1. The van der Waals surface area contributed by atoms with Crippen LogP contribution in [0, 0.1) is 17.8 Å². The standard InChI is InChI=1S/C16H29N3O3S/c1-11-10-18(6-7-19(11)23(2,21)22)16(20)14-8-12-4-3-5-13(9-14)15(12)17/h11-15H,3-10,17H2,1-2H3/t11-,12?,13?,14?,15?/m0/s1. The normalized spacial score (nSPS) is 39.3. The molecule has 1 saturated heterocycles. The second kappa shape index (κ2) is 6.33. The summed E-state index contributed by atoms with van der Waals surface area (Å²) in [6.07, 6.45) is 6.62. The Morgan fingerprint density at radius 3 is 2.26 bits per heavy atom. The van der Waals surface area contributed by atoms with E-state index in [1.54, 1.807) is 0 Å². The number of nitrogens with zero attached hydrogens (tertiary/aromatic N) is 2. The van der Waals surface area contributed by atoms with Gasteiger partial charge in [-0.3, -0.25) is 4.79 Å². The molecule has 2 saturated carbocycles. The van der Waals surface area contributed by atoms with Crippen molar-refractivity contribution >= 4 is 15.9 Å². The van der Waals surface area contributed by atoms with E-state index in [0.29, 0.717) is 31.5 Å². The molecule has 3 atom stereocenters. The van der Waals surface area contributed by atoms with Crippen LogP contribution in [0.5, 0.6) is 0 Å². The van der Waals surface area contributed by atoms with Crippen LogP contribution in [0.1, 0.15) is 39.0 Å². The molecule has 132 valence electrons. The minimum absolute atomic E-state index is 0.0853. The maximum atomic E-state index is 12.9. The lowest BCUT2D eigenvalue weighted by Gasteiger charge is -2.46. The quantitative estimate of drug-likeness (QED) is 0.797. The Morgan fingerprint density at radius 2 is 1.74 bits per heavy atom. The van der Waals surface area contributed by atoms with Crippen molar-refractivity contribution in [1.82, 2.24) is 9.21 Å². The van der Waals surface area contributed by atoms with Crippen LogP contribution in [0.3, 0.4) is 0 Å². The second-order valence-corrected chi connectivity index (χ2v) is 9.64. The van der Waals surface area contributed by atoms with Gasteiger partial charge in [0.2, 0.25) is 15.9 Å². The summed E-state index contributed by atoms with van der Waals surface area (Å²) in [7, 11) is -3.19. The van der Waals surface area contributed by atoms with Gasteiger partial charge in [-0.15, -0.1) is 0 Å². The number of sulfonamides is 1. The first-order chi connectivity index (χ1) is 10.8. The maximum Gasteiger partial charge on any atom is 0.225 e. The highest BCUT2D eigenvalue weighted by Gasteiger charge is 2.42. The Hall–Kier alpha value is -0.660. The molecule has 0 spiro atoms. The fourth-order valence-corrected chi connectivity index (χ4v) is 6.02. The molecule has 7 heteroatoms. The molecule has 1 amide bonds. The first-order valence-corrected chi connectivity index (χ1v) is 10.6. The summed E-state index contributed by atoms with van der Waals surface area (Å²) in [5.74, 6) is 1.29. The summed E-state index contributed by atoms with van der Waals surface area (Å²) < 4.78 is 25.0. The third-order valence-corrected chi connectivity index (χ3v) is 7.46. The largest absolute Gasteiger partial charge is 0.340 e. The number of rotatable bonds is 2. The van der Waals surface area contributed by atoms with E-state index in [1.165, 1.54) is 17.0 Å². The number of carbonyl (C=O) groups is 1. The third-order valence-electron chi connectivity index (χ3n) is 6.07. The van der Waals surface area contributed by atoms with E-state index in [4.69, 9.17) is 5.73 Å². The predicted molar refractivity (Wildman–Crippen MR) is 89.1 cm³/mol. The zero-order chi connectivity index (χ0) is 16.8. The molecule has 2 bridgehead atoms. The molecule has 0 aromatic carbocycles. The summed E-state index contributed by atoms with van der Waals surface area (Å²) >= 11 is 0. The van der Waals surface area contributed by atoms with Crippen molar-refractivity contribution in [3.8, 4) is 0 Å². The highest BCUT2D eigenvalue weighted by molar-refractivity contribution is 7.88. The van der Waals surface area contributed by atoms with Crippen LogP contribution in [0.4, 0.5) is 0 Å². The van der Waals surface area contributed by atoms with E-state index in [1.807, 2.05) is 11.8 Å². The smallest absolute Gasteiger partial charge is 0.225 e. The average molecular weight is 343 g/mol. The highest BCUT2D eigenvalue weighted by Crippen LogP contribution is 2.42. The average Bonchev–Trinajstić information content (AvgIpc) is 2.44. The van der Waals surface area contributed by atoms with Crippen LogP contribution >= 0.6 is 0 Å².